The summed E-state index contributed by atoms with van der Waals surface area (Å²) in [5.41, 5.74) is -0.0606. The van der Waals surface area contributed by atoms with Gasteiger partial charge in [-0.25, -0.2) is 4.98 Å². The van der Waals surface area contributed by atoms with Gasteiger partial charge in [0, 0.05) is 32.7 Å². The third-order valence-corrected chi connectivity index (χ3v) is 3.16. The minimum absolute atomic E-state index is 0.0767. The first-order chi connectivity index (χ1) is 8.98. The van der Waals surface area contributed by atoms with Crippen molar-refractivity contribution in [2.45, 2.75) is 26.1 Å². The maximum atomic E-state index is 9.81. The van der Waals surface area contributed by atoms with Gasteiger partial charge in [-0.1, -0.05) is 0 Å². The molecule has 106 valence electrons. The fourth-order valence-electron chi connectivity index (χ4n) is 2.28. The molecule has 1 fully saturated rings. The second kappa shape index (κ2) is 5.81. The van der Waals surface area contributed by atoms with Crippen LogP contribution in [0.4, 0.5) is 5.82 Å². The zero-order chi connectivity index (χ0) is 13.9. The lowest BCUT2D eigenvalue weighted by Crippen LogP contribution is -2.50. The van der Waals surface area contributed by atoms with E-state index in [1.54, 1.807) is 12.4 Å². The molecule has 1 aromatic heterocycles. The molecule has 2 N–H and O–H groups in total. The number of aromatic nitrogens is 2. The smallest absolute Gasteiger partial charge is 0.147 e. The summed E-state index contributed by atoms with van der Waals surface area (Å²) in [6.45, 7) is 7.85. The van der Waals surface area contributed by atoms with Crippen molar-refractivity contribution in [2.75, 3.05) is 37.6 Å². The summed E-state index contributed by atoms with van der Waals surface area (Å²) >= 11 is 0. The van der Waals surface area contributed by atoms with Crippen LogP contribution in [0.1, 0.15) is 19.5 Å². The molecule has 0 amide bonds. The van der Waals surface area contributed by atoms with Gasteiger partial charge in [-0.2, -0.15) is 0 Å². The normalized spacial score (nSPS) is 17.8. The number of aliphatic hydroxyl groups excluding tert-OH is 1. The summed E-state index contributed by atoms with van der Waals surface area (Å²) in [4.78, 5) is 12.9. The molecule has 2 heterocycles. The summed E-state index contributed by atoms with van der Waals surface area (Å²) in [5.74, 6) is 0.847. The average molecular weight is 266 g/mol. The summed E-state index contributed by atoms with van der Waals surface area (Å²) < 4.78 is 0. The van der Waals surface area contributed by atoms with Crippen LogP contribution >= 0.6 is 0 Å². The fourth-order valence-corrected chi connectivity index (χ4v) is 2.28. The number of hydrogen-bond donors (Lipinski definition) is 2. The predicted octanol–water partition coefficient (Wildman–Crippen LogP) is -0.138. The Morgan fingerprint density at radius 1 is 1.16 bits per heavy atom. The second-order valence-corrected chi connectivity index (χ2v) is 5.60. The number of nitrogens with zero attached hydrogens (tertiary/aromatic N) is 4. The quantitative estimate of drug-likeness (QED) is 0.790. The van der Waals surface area contributed by atoms with Crippen molar-refractivity contribution >= 4 is 5.82 Å². The summed E-state index contributed by atoms with van der Waals surface area (Å²) in [7, 11) is 0. The Labute approximate surface area is 113 Å². The Hall–Kier alpha value is -1.24. The molecule has 6 nitrogen and oxygen atoms in total. The van der Waals surface area contributed by atoms with Crippen LogP contribution in [-0.4, -0.2) is 63.4 Å². The van der Waals surface area contributed by atoms with Gasteiger partial charge in [-0.15, -0.1) is 0 Å². The maximum absolute atomic E-state index is 9.81. The third-order valence-electron chi connectivity index (χ3n) is 3.16. The summed E-state index contributed by atoms with van der Waals surface area (Å²) in [6.07, 6.45) is 3.32. The minimum atomic E-state index is -0.648. The van der Waals surface area contributed by atoms with Gasteiger partial charge in [0.25, 0.3) is 0 Å². The highest BCUT2D eigenvalue weighted by Crippen LogP contribution is 2.14. The van der Waals surface area contributed by atoms with Crippen LogP contribution in [0.5, 0.6) is 0 Å². The summed E-state index contributed by atoms with van der Waals surface area (Å²) in [6, 6.07) is 0. The highest BCUT2D eigenvalue weighted by Gasteiger charge is 2.23. The Morgan fingerprint density at radius 2 is 1.84 bits per heavy atom. The van der Waals surface area contributed by atoms with E-state index < -0.39 is 5.60 Å². The van der Waals surface area contributed by atoms with Crippen molar-refractivity contribution in [1.29, 1.82) is 0 Å². The molecule has 0 saturated carbocycles. The zero-order valence-corrected chi connectivity index (χ0v) is 11.6. The SMILES string of the molecule is CC(C)(O)CN1CCN(c2cnc(CO)cn2)CC1. The van der Waals surface area contributed by atoms with Crippen molar-refractivity contribution in [3.05, 3.63) is 18.1 Å². The Kier molecular flexibility index (Phi) is 4.34. The molecule has 1 saturated heterocycles. The monoisotopic (exact) mass is 266 g/mol. The van der Waals surface area contributed by atoms with Gasteiger partial charge in [0.05, 0.1) is 30.3 Å². The molecule has 1 aliphatic rings. The standard InChI is InChI=1S/C13H22N4O2/c1-13(2,19)10-16-3-5-17(6-4-16)12-8-14-11(9-18)7-15-12/h7-8,18-19H,3-6,9-10H2,1-2H3. The van der Waals surface area contributed by atoms with Gasteiger partial charge in [-0.05, 0) is 13.8 Å². The number of aliphatic hydroxyl groups is 2. The van der Waals surface area contributed by atoms with Gasteiger partial charge in [-0.3, -0.25) is 9.88 Å². The maximum Gasteiger partial charge on any atom is 0.147 e. The lowest BCUT2D eigenvalue weighted by Gasteiger charge is -2.37. The van der Waals surface area contributed by atoms with Crippen LogP contribution in [0, 0.1) is 0 Å². The van der Waals surface area contributed by atoms with Crippen molar-refractivity contribution in [2.24, 2.45) is 0 Å². The van der Waals surface area contributed by atoms with E-state index in [0.29, 0.717) is 12.2 Å². The first-order valence-electron chi connectivity index (χ1n) is 6.59. The van der Waals surface area contributed by atoms with E-state index in [-0.39, 0.29) is 6.61 Å². The summed E-state index contributed by atoms with van der Waals surface area (Å²) in [5, 5.41) is 18.7. The molecule has 0 spiro atoms. The molecule has 6 heteroatoms. The lowest BCUT2D eigenvalue weighted by atomic mass is 10.1. The number of piperazine rings is 1. The molecule has 0 aromatic carbocycles. The molecule has 0 bridgehead atoms. The highest BCUT2D eigenvalue weighted by molar-refractivity contribution is 5.36. The van der Waals surface area contributed by atoms with Crippen LogP contribution in [0.25, 0.3) is 0 Å². The molecule has 19 heavy (non-hydrogen) atoms. The third kappa shape index (κ3) is 4.12. The Morgan fingerprint density at radius 3 is 2.32 bits per heavy atom. The van der Waals surface area contributed by atoms with Crippen molar-refractivity contribution in [1.82, 2.24) is 14.9 Å². The van der Waals surface area contributed by atoms with E-state index in [9.17, 15) is 5.11 Å². The molecule has 1 aliphatic heterocycles. The van der Waals surface area contributed by atoms with Gasteiger partial charge >= 0.3 is 0 Å². The van der Waals surface area contributed by atoms with E-state index in [1.165, 1.54) is 0 Å². The van der Waals surface area contributed by atoms with Crippen LogP contribution in [0.3, 0.4) is 0 Å². The van der Waals surface area contributed by atoms with Gasteiger partial charge in [0.2, 0.25) is 0 Å². The Bertz CT molecular complexity index is 394. The van der Waals surface area contributed by atoms with Crippen LogP contribution in [0.15, 0.2) is 12.4 Å². The van der Waals surface area contributed by atoms with Crippen LogP contribution < -0.4 is 4.90 Å². The van der Waals surface area contributed by atoms with Crippen molar-refractivity contribution < 1.29 is 10.2 Å². The number of rotatable bonds is 4. The molecular formula is C13H22N4O2. The van der Waals surface area contributed by atoms with E-state index in [0.717, 1.165) is 32.0 Å². The van der Waals surface area contributed by atoms with Crippen molar-refractivity contribution in [3.63, 3.8) is 0 Å². The van der Waals surface area contributed by atoms with Gasteiger partial charge < -0.3 is 15.1 Å². The molecule has 0 radical (unpaired) electrons. The van der Waals surface area contributed by atoms with Gasteiger partial charge in [0.15, 0.2) is 0 Å². The van der Waals surface area contributed by atoms with Gasteiger partial charge in [0.1, 0.15) is 5.82 Å². The van der Waals surface area contributed by atoms with Crippen LogP contribution in [-0.2, 0) is 6.61 Å². The Balaban J connectivity index is 1.88. The topological polar surface area (TPSA) is 72.7 Å². The zero-order valence-electron chi connectivity index (χ0n) is 11.6. The molecule has 0 atom stereocenters. The van der Waals surface area contributed by atoms with Crippen molar-refractivity contribution in [3.8, 4) is 0 Å². The van der Waals surface area contributed by atoms with E-state index in [2.05, 4.69) is 19.8 Å². The minimum Gasteiger partial charge on any atom is -0.390 e. The largest absolute Gasteiger partial charge is 0.390 e. The molecule has 0 aliphatic carbocycles. The lowest BCUT2D eigenvalue weighted by molar-refractivity contribution is 0.0344. The highest BCUT2D eigenvalue weighted by atomic mass is 16.3. The molecule has 2 rings (SSSR count). The molecule has 1 aromatic rings. The predicted molar refractivity (Wildman–Crippen MR) is 72.9 cm³/mol. The van der Waals surface area contributed by atoms with E-state index >= 15 is 0 Å². The number of anilines is 1. The number of hydrogen-bond acceptors (Lipinski definition) is 6. The fraction of sp³-hybridized carbons (Fsp3) is 0.692. The van der Waals surface area contributed by atoms with E-state index in [1.807, 2.05) is 13.8 Å². The average Bonchev–Trinajstić information content (AvgIpc) is 2.38. The number of β-amino-alcohol motifs (C(OH)–C–C–N with tert-alkyl or cyclic N) is 1. The molecular weight excluding hydrogens is 244 g/mol. The first-order valence-corrected chi connectivity index (χ1v) is 6.59. The van der Waals surface area contributed by atoms with E-state index in [4.69, 9.17) is 5.11 Å². The first kappa shape index (κ1) is 14.2. The second-order valence-electron chi connectivity index (χ2n) is 5.60. The molecule has 0 unspecified atom stereocenters. The van der Waals surface area contributed by atoms with Crippen LogP contribution in [0.2, 0.25) is 0 Å².